The summed E-state index contributed by atoms with van der Waals surface area (Å²) in [6, 6.07) is 12.6. The van der Waals surface area contributed by atoms with Crippen LogP contribution in [0.5, 0.6) is 0 Å². The molecule has 2 aromatic carbocycles. The molecular formula is C15H14ClIN2O. The lowest BCUT2D eigenvalue weighted by Crippen LogP contribution is -2.30. The molecular weight excluding hydrogens is 387 g/mol. The van der Waals surface area contributed by atoms with Gasteiger partial charge in [-0.25, -0.2) is 0 Å². The second kappa shape index (κ2) is 6.45. The molecule has 20 heavy (non-hydrogen) atoms. The average Bonchev–Trinajstić information content (AvgIpc) is 2.42. The fourth-order valence-electron chi connectivity index (χ4n) is 1.92. The first-order valence-corrected chi connectivity index (χ1v) is 7.61. The zero-order valence-electron chi connectivity index (χ0n) is 10.9. The minimum Gasteiger partial charge on any atom is -0.399 e. The van der Waals surface area contributed by atoms with Crippen molar-refractivity contribution in [3.8, 4) is 0 Å². The monoisotopic (exact) mass is 400 g/mol. The summed E-state index contributed by atoms with van der Waals surface area (Å²) in [4.78, 5) is 14.3. The van der Waals surface area contributed by atoms with E-state index in [1.54, 1.807) is 29.2 Å². The lowest BCUT2D eigenvalue weighted by molar-refractivity contribution is 0.0988. The molecule has 5 heteroatoms. The molecule has 2 aromatic rings. The summed E-state index contributed by atoms with van der Waals surface area (Å²) < 4.78 is 0.924. The Hall–Kier alpha value is -1.27. The van der Waals surface area contributed by atoms with Crippen LogP contribution >= 0.6 is 34.2 Å². The SMILES string of the molecule is CCN(C(=O)c1ccc(I)c(Cl)c1)c1cccc(N)c1. The van der Waals surface area contributed by atoms with Gasteiger partial charge in [-0.05, 0) is 65.9 Å². The van der Waals surface area contributed by atoms with Crippen molar-refractivity contribution in [2.75, 3.05) is 17.2 Å². The summed E-state index contributed by atoms with van der Waals surface area (Å²) in [6.45, 7) is 2.49. The van der Waals surface area contributed by atoms with Crippen molar-refractivity contribution in [2.24, 2.45) is 0 Å². The lowest BCUT2D eigenvalue weighted by Gasteiger charge is -2.21. The molecule has 0 heterocycles. The number of hydrogen-bond donors (Lipinski definition) is 1. The van der Waals surface area contributed by atoms with E-state index < -0.39 is 0 Å². The molecule has 2 rings (SSSR count). The molecule has 0 radical (unpaired) electrons. The highest BCUT2D eigenvalue weighted by atomic mass is 127. The van der Waals surface area contributed by atoms with E-state index in [9.17, 15) is 4.79 Å². The Morgan fingerprint density at radius 2 is 2.05 bits per heavy atom. The van der Waals surface area contributed by atoms with Crippen LogP contribution in [0.1, 0.15) is 17.3 Å². The van der Waals surface area contributed by atoms with Crippen molar-refractivity contribution in [2.45, 2.75) is 6.92 Å². The number of hydrogen-bond acceptors (Lipinski definition) is 2. The molecule has 0 saturated carbocycles. The van der Waals surface area contributed by atoms with Crippen LogP contribution in [0.2, 0.25) is 5.02 Å². The van der Waals surface area contributed by atoms with E-state index in [4.69, 9.17) is 17.3 Å². The van der Waals surface area contributed by atoms with E-state index in [1.807, 2.05) is 25.1 Å². The van der Waals surface area contributed by atoms with Gasteiger partial charge >= 0.3 is 0 Å². The number of benzene rings is 2. The first kappa shape index (κ1) is 15.1. The van der Waals surface area contributed by atoms with Crippen molar-refractivity contribution in [1.29, 1.82) is 0 Å². The molecule has 104 valence electrons. The highest BCUT2D eigenvalue weighted by Gasteiger charge is 2.17. The summed E-state index contributed by atoms with van der Waals surface area (Å²) in [5.41, 5.74) is 7.76. The van der Waals surface area contributed by atoms with Crippen LogP contribution in [0.4, 0.5) is 11.4 Å². The minimum absolute atomic E-state index is 0.0867. The van der Waals surface area contributed by atoms with Gasteiger partial charge in [0.15, 0.2) is 0 Å². The summed E-state index contributed by atoms with van der Waals surface area (Å²) in [7, 11) is 0. The average molecular weight is 401 g/mol. The van der Waals surface area contributed by atoms with Gasteiger partial charge in [-0.15, -0.1) is 0 Å². The number of nitrogens with two attached hydrogens (primary N) is 1. The molecule has 2 N–H and O–H groups in total. The Kier molecular flexibility index (Phi) is 4.88. The maximum atomic E-state index is 12.6. The third-order valence-corrected chi connectivity index (χ3v) is 4.48. The smallest absolute Gasteiger partial charge is 0.258 e. The maximum Gasteiger partial charge on any atom is 0.258 e. The fourth-order valence-corrected chi connectivity index (χ4v) is 2.44. The van der Waals surface area contributed by atoms with E-state index in [0.717, 1.165) is 9.26 Å². The topological polar surface area (TPSA) is 46.3 Å². The molecule has 0 aliphatic rings. The first-order valence-electron chi connectivity index (χ1n) is 6.15. The standard InChI is InChI=1S/C15H14ClIN2O/c1-2-19(12-5-3-4-11(18)9-12)15(20)10-6-7-14(17)13(16)8-10/h3-9H,2,18H2,1H3. The summed E-state index contributed by atoms with van der Waals surface area (Å²) >= 11 is 8.21. The van der Waals surface area contributed by atoms with Crippen LogP contribution in [0.3, 0.4) is 0 Å². The third kappa shape index (κ3) is 3.24. The predicted molar refractivity (Wildman–Crippen MR) is 92.4 cm³/mol. The Balaban J connectivity index is 2.36. The molecule has 0 aliphatic heterocycles. The second-order valence-electron chi connectivity index (χ2n) is 4.27. The van der Waals surface area contributed by atoms with E-state index in [2.05, 4.69) is 22.6 Å². The number of carbonyl (C=O) groups is 1. The van der Waals surface area contributed by atoms with Gasteiger partial charge in [0, 0.05) is 27.1 Å². The summed E-state index contributed by atoms with van der Waals surface area (Å²) in [5.74, 6) is -0.0867. The molecule has 1 amide bonds. The van der Waals surface area contributed by atoms with E-state index in [0.29, 0.717) is 22.8 Å². The fraction of sp³-hybridized carbons (Fsp3) is 0.133. The zero-order valence-corrected chi connectivity index (χ0v) is 13.9. The quantitative estimate of drug-likeness (QED) is 0.620. The van der Waals surface area contributed by atoms with Crippen molar-refractivity contribution in [3.63, 3.8) is 0 Å². The Morgan fingerprint density at radius 3 is 2.65 bits per heavy atom. The largest absolute Gasteiger partial charge is 0.399 e. The number of anilines is 2. The Morgan fingerprint density at radius 1 is 1.30 bits per heavy atom. The molecule has 0 aromatic heterocycles. The van der Waals surface area contributed by atoms with Crippen molar-refractivity contribution < 1.29 is 4.79 Å². The van der Waals surface area contributed by atoms with Crippen LogP contribution in [-0.2, 0) is 0 Å². The van der Waals surface area contributed by atoms with Gasteiger partial charge in [0.1, 0.15) is 0 Å². The maximum absolute atomic E-state index is 12.6. The minimum atomic E-state index is -0.0867. The van der Waals surface area contributed by atoms with Gasteiger partial charge in [0.2, 0.25) is 0 Å². The molecule has 3 nitrogen and oxygen atoms in total. The van der Waals surface area contributed by atoms with Gasteiger partial charge < -0.3 is 10.6 Å². The van der Waals surface area contributed by atoms with Crippen molar-refractivity contribution >= 4 is 51.5 Å². The van der Waals surface area contributed by atoms with Gasteiger partial charge in [-0.1, -0.05) is 17.7 Å². The van der Waals surface area contributed by atoms with Crippen LogP contribution in [0.25, 0.3) is 0 Å². The van der Waals surface area contributed by atoms with Gasteiger partial charge in [-0.3, -0.25) is 4.79 Å². The number of carbonyl (C=O) groups excluding carboxylic acids is 1. The van der Waals surface area contributed by atoms with Gasteiger partial charge in [0.25, 0.3) is 5.91 Å². The van der Waals surface area contributed by atoms with Gasteiger partial charge in [0.05, 0.1) is 5.02 Å². The van der Waals surface area contributed by atoms with Gasteiger partial charge in [-0.2, -0.15) is 0 Å². The lowest BCUT2D eigenvalue weighted by atomic mass is 10.1. The summed E-state index contributed by atoms with van der Waals surface area (Å²) in [6.07, 6.45) is 0. The number of amides is 1. The molecule has 0 bridgehead atoms. The molecule has 0 atom stereocenters. The molecule has 0 fully saturated rings. The van der Waals surface area contributed by atoms with Crippen LogP contribution < -0.4 is 10.6 Å². The highest BCUT2D eigenvalue weighted by molar-refractivity contribution is 14.1. The van der Waals surface area contributed by atoms with E-state index >= 15 is 0 Å². The number of nitrogen functional groups attached to an aromatic ring is 1. The third-order valence-electron chi connectivity index (χ3n) is 2.91. The Bertz CT molecular complexity index is 646. The predicted octanol–water partition coefficient (Wildman–Crippen LogP) is 4.19. The molecule has 0 unspecified atom stereocenters. The molecule has 0 aliphatic carbocycles. The number of nitrogens with zero attached hydrogens (tertiary/aromatic N) is 1. The van der Waals surface area contributed by atoms with E-state index in [1.165, 1.54) is 0 Å². The summed E-state index contributed by atoms with van der Waals surface area (Å²) in [5, 5.41) is 0.583. The number of halogens is 2. The molecule has 0 spiro atoms. The van der Waals surface area contributed by atoms with Crippen LogP contribution in [-0.4, -0.2) is 12.5 Å². The second-order valence-corrected chi connectivity index (χ2v) is 5.84. The number of rotatable bonds is 3. The zero-order chi connectivity index (χ0) is 14.7. The first-order chi connectivity index (χ1) is 9.52. The van der Waals surface area contributed by atoms with Crippen LogP contribution in [0, 0.1) is 3.57 Å². The van der Waals surface area contributed by atoms with Crippen molar-refractivity contribution in [1.82, 2.24) is 0 Å². The Labute approximate surface area is 136 Å². The normalized spacial score (nSPS) is 10.3. The van der Waals surface area contributed by atoms with Crippen LogP contribution in [0.15, 0.2) is 42.5 Å². The van der Waals surface area contributed by atoms with Crippen molar-refractivity contribution in [3.05, 3.63) is 56.6 Å². The van der Waals surface area contributed by atoms with E-state index in [-0.39, 0.29) is 5.91 Å². The highest BCUT2D eigenvalue weighted by Crippen LogP contribution is 2.23. The molecule has 0 saturated heterocycles.